The van der Waals surface area contributed by atoms with Gasteiger partial charge in [0.2, 0.25) is 5.88 Å². The summed E-state index contributed by atoms with van der Waals surface area (Å²) in [6.45, 7) is 0. The number of carbonyl (C=O) groups is 1. The van der Waals surface area contributed by atoms with Gasteiger partial charge in [0.15, 0.2) is 0 Å². The summed E-state index contributed by atoms with van der Waals surface area (Å²) >= 11 is 0. The van der Waals surface area contributed by atoms with E-state index in [-0.39, 0.29) is 0 Å². The van der Waals surface area contributed by atoms with Crippen molar-refractivity contribution in [3.63, 3.8) is 0 Å². The highest BCUT2D eigenvalue weighted by Crippen LogP contribution is 2.45. The van der Waals surface area contributed by atoms with Crippen LogP contribution in [0.3, 0.4) is 0 Å². The molecule has 2 aromatic carbocycles. The fourth-order valence-corrected chi connectivity index (χ4v) is 4.05. The summed E-state index contributed by atoms with van der Waals surface area (Å²) in [5.74, 6) is -0.367. The second-order valence-electron chi connectivity index (χ2n) is 6.91. The molecule has 1 fully saturated rings. The van der Waals surface area contributed by atoms with Crippen LogP contribution in [-0.4, -0.2) is 23.2 Å². The molecule has 132 valence electrons. The van der Waals surface area contributed by atoms with Gasteiger partial charge in [-0.3, -0.25) is 4.79 Å². The minimum atomic E-state index is -0.875. The zero-order chi connectivity index (χ0) is 18.1. The van der Waals surface area contributed by atoms with E-state index in [2.05, 4.69) is 29.2 Å². The van der Waals surface area contributed by atoms with Crippen molar-refractivity contribution in [2.75, 3.05) is 7.11 Å². The number of pyridine rings is 1. The fourth-order valence-electron chi connectivity index (χ4n) is 4.05. The smallest absolute Gasteiger partial charge is 0.314 e. The molecule has 3 aromatic rings. The number of carboxylic acids is 1. The Bertz CT molecular complexity index is 974. The van der Waals surface area contributed by atoms with E-state index < -0.39 is 11.4 Å². The van der Waals surface area contributed by atoms with Crippen molar-refractivity contribution in [2.24, 2.45) is 0 Å². The Morgan fingerprint density at radius 2 is 1.77 bits per heavy atom. The standard InChI is InChI=1S/C22H21NO3/c1-26-20-18(22(21(24)25)12-4-5-13-22)10-11-19(23-20)17-9-8-15-6-2-3-7-16(15)14-17/h2-3,6-11,14H,4-5,12-13H2,1H3,(H,24,25). The molecule has 0 spiro atoms. The molecule has 0 radical (unpaired) electrons. The number of carboxylic acid groups (broad SMARTS) is 1. The van der Waals surface area contributed by atoms with Crippen molar-refractivity contribution in [3.05, 3.63) is 60.2 Å². The average molecular weight is 347 g/mol. The number of benzene rings is 2. The number of hydrogen-bond donors (Lipinski definition) is 1. The summed E-state index contributed by atoms with van der Waals surface area (Å²) in [5, 5.41) is 12.2. The zero-order valence-corrected chi connectivity index (χ0v) is 14.7. The van der Waals surface area contributed by atoms with Crippen molar-refractivity contribution in [2.45, 2.75) is 31.1 Å². The van der Waals surface area contributed by atoms with Gasteiger partial charge in [0.1, 0.15) is 0 Å². The molecular formula is C22H21NO3. The first kappa shape index (κ1) is 16.6. The van der Waals surface area contributed by atoms with Crippen LogP contribution in [0.4, 0.5) is 0 Å². The fraction of sp³-hybridized carbons (Fsp3) is 0.273. The lowest BCUT2D eigenvalue weighted by Crippen LogP contribution is -2.33. The molecule has 1 aliphatic carbocycles. The quantitative estimate of drug-likeness (QED) is 0.736. The lowest BCUT2D eigenvalue weighted by atomic mass is 9.79. The molecule has 1 saturated carbocycles. The molecular weight excluding hydrogens is 326 g/mol. The van der Waals surface area contributed by atoms with Gasteiger partial charge >= 0.3 is 5.97 Å². The molecule has 0 amide bonds. The maximum Gasteiger partial charge on any atom is 0.314 e. The van der Waals surface area contributed by atoms with Gasteiger partial charge in [-0.25, -0.2) is 4.98 Å². The Morgan fingerprint density at radius 1 is 1.04 bits per heavy atom. The van der Waals surface area contributed by atoms with Crippen LogP contribution in [0.5, 0.6) is 5.88 Å². The largest absolute Gasteiger partial charge is 0.481 e. The Balaban J connectivity index is 1.80. The Kier molecular flexibility index (Phi) is 4.11. The highest BCUT2D eigenvalue weighted by atomic mass is 16.5. The minimum Gasteiger partial charge on any atom is -0.481 e. The third-order valence-corrected chi connectivity index (χ3v) is 5.48. The first-order valence-corrected chi connectivity index (χ1v) is 8.92. The molecule has 0 saturated heterocycles. The van der Waals surface area contributed by atoms with Crippen LogP contribution in [-0.2, 0) is 10.2 Å². The molecule has 4 heteroatoms. The van der Waals surface area contributed by atoms with Crippen molar-refractivity contribution < 1.29 is 14.6 Å². The first-order valence-electron chi connectivity index (χ1n) is 8.92. The van der Waals surface area contributed by atoms with Crippen LogP contribution in [0, 0.1) is 0 Å². The lowest BCUT2D eigenvalue weighted by molar-refractivity contribution is -0.143. The van der Waals surface area contributed by atoms with Gasteiger partial charge in [-0.1, -0.05) is 55.3 Å². The molecule has 1 N–H and O–H groups in total. The van der Waals surface area contributed by atoms with Crippen molar-refractivity contribution in [1.29, 1.82) is 0 Å². The van der Waals surface area contributed by atoms with Gasteiger partial charge in [0.05, 0.1) is 18.2 Å². The summed E-state index contributed by atoms with van der Waals surface area (Å²) in [7, 11) is 1.56. The molecule has 0 atom stereocenters. The number of aromatic nitrogens is 1. The second-order valence-corrected chi connectivity index (χ2v) is 6.91. The summed E-state index contributed by atoms with van der Waals surface area (Å²) in [6, 6.07) is 18.2. The van der Waals surface area contributed by atoms with Crippen molar-refractivity contribution in [3.8, 4) is 17.1 Å². The summed E-state index contributed by atoms with van der Waals surface area (Å²) < 4.78 is 5.51. The maximum atomic E-state index is 12.0. The topological polar surface area (TPSA) is 59.4 Å². The van der Waals surface area contributed by atoms with Gasteiger partial charge < -0.3 is 9.84 Å². The average Bonchev–Trinajstić information content (AvgIpc) is 3.18. The normalized spacial score (nSPS) is 15.9. The molecule has 4 rings (SSSR count). The highest BCUT2D eigenvalue weighted by molar-refractivity contribution is 5.87. The summed E-state index contributed by atoms with van der Waals surface area (Å²) in [6.07, 6.45) is 3.11. The van der Waals surface area contributed by atoms with Gasteiger partial charge in [0.25, 0.3) is 0 Å². The monoisotopic (exact) mass is 347 g/mol. The van der Waals surface area contributed by atoms with Crippen LogP contribution in [0.15, 0.2) is 54.6 Å². The van der Waals surface area contributed by atoms with Gasteiger partial charge in [-0.05, 0) is 35.7 Å². The van der Waals surface area contributed by atoms with Crippen molar-refractivity contribution >= 4 is 16.7 Å². The third-order valence-electron chi connectivity index (χ3n) is 5.48. The van der Waals surface area contributed by atoms with E-state index in [9.17, 15) is 9.90 Å². The predicted molar refractivity (Wildman–Crippen MR) is 102 cm³/mol. The molecule has 0 bridgehead atoms. The van der Waals surface area contributed by atoms with Gasteiger partial charge in [-0.2, -0.15) is 0 Å². The van der Waals surface area contributed by atoms with Crippen molar-refractivity contribution in [1.82, 2.24) is 4.98 Å². The van der Waals surface area contributed by atoms with Crippen LogP contribution in [0.1, 0.15) is 31.2 Å². The van der Waals surface area contributed by atoms with Gasteiger partial charge in [-0.15, -0.1) is 0 Å². The van der Waals surface area contributed by atoms with E-state index in [0.29, 0.717) is 24.3 Å². The Hall–Kier alpha value is -2.88. The molecule has 1 aliphatic rings. The SMILES string of the molecule is COc1nc(-c2ccc3ccccc3c2)ccc1C1(C(=O)O)CCCC1. The number of nitrogens with zero attached hydrogens (tertiary/aromatic N) is 1. The van der Waals surface area contributed by atoms with E-state index in [4.69, 9.17) is 4.74 Å². The lowest BCUT2D eigenvalue weighted by Gasteiger charge is -2.26. The number of aliphatic carboxylic acids is 1. The van der Waals surface area contributed by atoms with E-state index in [1.54, 1.807) is 7.11 Å². The number of ether oxygens (including phenoxy) is 1. The Labute approximate surface area is 152 Å². The summed E-state index contributed by atoms with van der Waals surface area (Å²) in [4.78, 5) is 16.7. The third kappa shape index (κ3) is 2.62. The first-order chi connectivity index (χ1) is 12.6. The van der Waals surface area contributed by atoms with Gasteiger partial charge in [0, 0.05) is 11.1 Å². The number of methoxy groups -OCH3 is 1. The molecule has 1 aromatic heterocycles. The van der Waals surface area contributed by atoms with E-state index >= 15 is 0 Å². The predicted octanol–water partition coefficient (Wildman–Crippen LogP) is 4.81. The molecule has 0 aliphatic heterocycles. The number of rotatable bonds is 4. The Morgan fingerprint density at radius 3 is 2.46 bits per heavy atom. The molecule has 1 heterocycles. The van der Waals surface area contributed by atoms with E-state index in [1.165, 1.54) is 5.39 Å². The summed E-state index contributed by atoms with van der Waals surface area (Å²) in [5.41, 5.74) is 1.59. The number of fused-ring (bicyclic) bond motifs is 1. The van der Waals surface area contributed by atoms with E-state index in [1.807, 2.05) is 30.3 Å². The van der Waals surface area contributed by atoms with E-state index in [0.717, 1.165) is 29.5 Å². The van der Waals surface area contributed by atoms with Crippen LogP contribution >= 0.6 is 0 Å². The second kappa shape index (κ2) is 6.45. The number of hydrogen-bond acceptors (Lipinski definition) is 3. The minimum absolute atomic E-state index is 0.417. The molecule has 26 heavy (non-hydrogen) atoms. The van der Waals surface area contributed by atoms with Crippen LogP contribution < -0.4 is 4.74 Å². The van der Waals surface area contributed by atoms with Crippen LogP contribution in [0.25, 0.3) is 22.0 Å². The zero-order valence-electron chi connectivity index (χ0n) is 14.7. The highest BCUT2D eigenvalue weighted by Gasteiger charge is 2.45. The molecule has 4 nitrogen and oxygen atoms in total. The van der Waals surface area contributed by atoms with Crippen LogP contribution in [0.2, 0.25) is 0 Å². The molecule has 0 unspecified atom stereocenters. The maximum absolute atomic E-state index is 12.0.